The van der Waals surface area contributed by atoms with Gasteiger partial charge in [0.25, 0.3) is 0 Å². The van der Waals surface area contributed by atoms with Gasteiger partial charge in [0.15, 0.2) is 0 Å². The number of aryl methyl sites for hydroxylation is 1. The topological polar surface area (TPSA) is 41.4 Å². The number of benzene rings is 1. The van der Waals surface area contributed by atoms with Crippen molar-refractivity contribution in [1.29, 1.82) is 0 Å². The zero-order valence-corrected chi connectivity index (χ0v) is 13.5. The summed E-state index contributed by atoms with van der Waals surface area (Å²) in [6.07, 6.45) is 4.64. The number of carbonyl (C=O) groups excluding carboxylic acids is 1. The highest BCUT2D eigenvalue weighted by Crippen LogP contribution is 2.26. The van der Waals surface area contributed by atoms with Crippen LogP contribution in [0.1, 0.15) is 12.0 Å². The molecule has 3 rings (SSSR count). The third kappa shape index (κ3) is 3.00. The lowest BCUT2D eigenvalue weighted by Crippen LogP contribution is -2.39. The van der Waals surface area contributed by atoms with E-state index in [-0.39, 0.29) is 11.9 Å². The Hall–Kier alpha value is -1.85. The fourth-order valence-electron chi connectivity index (χ4n) is 2.93. The van der Waals surface area contributed by atoms with E-state index < -0.39 is 0 Å². The van der Waals surface area contributed by atoms with Crippen LogP contribution in [0.2, 0.25) is 5.02 Å². The molecule has 1 aromatic carbocycles. The van der Waals surface area contributed by atoms with Crippen LogP contribution in [0.4, 0.5) is 5.69 Å². The van der Waals surface area contributed by atoms with Crippen molar-refractivity contribution in [1.82, 2.24) is 14.7 Å². The van der Waals surface area contributed by atoms with Crippen molar-refractivity contribution < 1.29 is 4.79 Å². The maximum Gasteiger partial charge on any atom is 0.244 e. The van der Waals surface area contributed by atoms with Gasteiger partial charge in [-0.05, 0) is 31.7 Å². The van der Waals surface area contributed by atoms with E-state index in [9.17, 15) is 4.79 Å². The zero-order chi connectivity index (χ0) is 15.7. The van der Waals surface area contributed by atoms with E-state index in [2.05, 4.69) is 10.00 Å². The van der Waals surface area contributed by atoms with Crippen molar-refractivity contribution in [2.75, 3.05) is 18.5 Å². The largest absolute Gasteiger partial charge is 0.311 e. The minimum absolute atomic E-state index is 0.0980. The molecule has 22 heavy (non-hydrogen) atoms. The maximum atomic E-state index is 12.7. The van der Waals surface area contributed by atoms with Gasteiger partial charge in [0.05, 0.1) is 12.2 Å². The van der Waals surface area contributed by atoms with E-state index in [1.807, 2.05) is 55.7 Å². The average Bonchev–Trinajstić information content (AvgIpc) is 3.05. The Bertz CT molecular complexity index is 684. The third-order valence-corrected chi connectivity index (χ3v) is 4.25. The second-order valence-corrected chi connectivity index (χ2v) is 6.15. The molecule has 0 saturated carbocycles. The van der Waals surface area contributed by atoms with Gasteiger partial charge in [0, 0.05) is 42.6 Å². The first-order valence-electron chi connectivity index (χ1n) is 7.29. The minimum Gasteiger partial charge on any atom is -0.311 e. The van der Waals surface area contributed by atoms with E-state index in [4.69, 9.17) is 11.6 Å². The summed E-state index contributed by atoms with van der Waals surface area (Å²) in [7, 11) is 3.88. The number of nitrogens with zero attached hydrogens (tertiary/aromatic N) is 4. The third-order valence-electron chi connectivity index (χ3n) is 4.02. The van der Waals surface area contributed by atoms with Gasteiger partial charge in [-0.25, -0.2) is 0 Å². The van der Waals surface area contributed by atoms with Gasteiger partial charge in [-0.1, -0.05) is 17.7 Å². The molecule has 1 amide bonds. The van der Waals surface area contributed by atoms with Crippen LogP contribution in [0.3, 0.4) is 0 Å². The van der Waals surface area contributed by atoms with Crippen LogP contribution in [-0.4, -0.2) is 40.2 Å². The fourth-order valence-corrected chi connectivity index (χ4v) is 3.11. The predicted octanol–water partition coefficient (Wildman–Crippen LogP) is 2.31. The number of amides is 1. The SMILES string of the molecule is CN(Cc1cnn(C)c1)C1CCN(c2cccc(Cl)c2)C1=O. The van der Waals surface area contributed by atoms with Crippen LogP contribution >= 0.6 is 11.6 Å². The molecule has 0 N–H and O–H groups in total. The fraction of sp³-hybridized carbons (Fsp3) is 0.375. The summed E-state index contributed by atoms with van der Waals surface area (Å²) in [6, 6.07) is 7.35. The second-order valence-electron chi connectivity index (χ2n) is 5.71. The molecular formula is C16H19ClN4O. The average molecular weight is 319 g/mol. The van der Waals surface area contributed by atoms with Crippen molar-refractivity contribution in [2.45, 2.75) is 19.0 Å². The number of carbonyl (C=O) groups is 1. The van der Waals surface area contributed by atoms with Crippen LogP contribution in [0.15, 0.2) is 36.7 Å². The Morgan fingerprint density at radius 1 is 1.45 bits per heavy atom. The summed E-state index contributed by atoms with van der Waals surface area (Å²) >= 11 is 6.02. The highest BCUT2D eigenvalue weighted by molar-refractivity contribution is 6.30. The van der Waals surface area contributed by atoms with Gasteiger partial charge in [0.2, 0.25) is 5.91 Å². The van der Waals surface area contributed by atoms with Crippen LogP contribution in [0, 0.1) is 0 Å². The summed E-state index contributed by atoms with van der Waals surface area (Å²) in [4.78, 5) is 16.6. The standard InChI is InChI=1S/C16H19ClN4O/c1-19(10-12-9-18-20(2)11-12)15-6-7-21(16(15)22)14-5-3-4-13(17)8-14/h3-5,8-9,11,15H,6-7,10H2,1-2H3. The van der Waals surface area contributed by atoms with Gasteiger partial charge in [0.1, 0.15) is 0 Å². The molecule has 0 bridgehead atoms. The van der Waals surface area contributed by atoms with Crippen molar-refractivity contribution in [3.05, 3.63) is 47.2 Å². The Kier molecular flexibility index (Phi) is 4.18. The molecule has 2 heterocycles. The molecule has 0 spiro atoms. The van der Waals surface area contributed by atoms with Crippen LogP contribution in [-0.2, 0) is 18.4 Å². The monoisotopic (exact) mass is 318 g/mol. The van der Waals surface area contributed by atoms with Gasteiger partial charge in [-0.2, -0.15) is 5.10 Å². The smallest absolute Gasteiger partial charge is 0.244 e. The molecule has 1 aromatic heterocycles. The molecule has 1 saturated heterocycles. The Morgan fingerprint density at radius 2 is 2.27 bits per heavy atom. The molecular weight excluding hydrogens is 300 g/mol. The Labute approximate surface area is 135 Å². The maximum absolute atomic E-state index is 12.7. The number of aromatic nitrogens is 2. The van der Waals surface area contributed by atoms with Crippen molar-refractivity contribution >= 4 is 23.2 Å². The van der Waals surface area contributed by atoms with Crippen LogP contribution < -0.4 is 4.90 Å². The van der Waals surface area contributed by atoms with Gasteiger partial charge >= 0.3 is 0 Å². The Balaban J connectivity index is 1.70. The van der Waals surface area contributed by atoms with E-state index in [1.165, 1.54) is 0 Å². The molecule has 6 heteroatoms. The van der Waals surface area contributed by atoms with Gasteiger partial charge in [-0.15, -0.1) is 0 Å². The van der Waals surface area contributed by atoms with Crippen LogP contribution in [0.5, 0.6) is 0 Å². The number of likely N-dealkylation sites (N-methyl/N-ethyl adjacent to an activating group) is 1. The molecule has 1 unspecified atom stereocenters. The number of rotatable bonds is 4. The molecule has 5 nitrogen and oxygen atoms in total. The van der Waals surface area contributed by atoms with Crippen LogP contribution in [0.25, 0.3) is 0 Å². The molecule has 1 aliphatic rings. The van der Waals surface area contributed by atoms with Crippen molar-refractivity contribution in [2.24, 2.45) is 7.05 Å². The van der Waals surface area contributed by atoms with E-state index >= 15 is 0 Å². The molecule has 1 aliphatic heterocycles. The molecule has 1 atom stereocenters. The highest BCUT2D eigenvalue weighted by Gasteiger charge is 2.35. The summed E-state index contributed by atoms with van der Waals surface area (Å²) in [5.74, 6) is 0.133. The van der Waals surface area contributed by atoms with Crippen molar-refractivity contribution in [3.63, 3.8) is 0 Å². The zero-order valence-electron chi connectivity index (χ0n) is 12.7. The molecule has 0 aliphatic carbocycles. The minimum atomic E-state index is -0.0980. The second kappa shape index (κ2) is 6.10. The quantitative estimate of drug-likeness (QED) is 0.868. The molecule has 116 valence electrons. The first-order chi connectivity index (χ1) is 10.5. The lowest BCUT2D eigenvalue weighted by Gasteiger charge is -2.23. The first-order valence-corrected chi connectivity index (χ1v) is 7.67. The summed E-state index contributed by atoms with van der Waals surface area (Å²) in [6.45, 7) is 1.44. The summed E-state index contributed by atoms with van der Waals surface area (Å²) in [5, 5.41) is 4.82. The first kappa shape index (κ1) is 15.1. The Morgan fingerprint density at radius 3 is 2.95 bits per heavy atom. The lowest BCUT2D eigenvalue weighted by atomic mass is 10.2. The van der Waals surface area contributed by atoms with Crippen molar-refractivity contribution in [3.8, 4) is 0 Å². The van der Waals surface area contributed by atoms with E-state index in [0.29, 0.717) is 11.6 Å². The van der Waals surface area contributed by atoms with E-state index in [1.54, 1.807) is 4.68 Å². The number of hydrogen-bond acceptors (Lipinski definition) is 3. The molecule has 1 fully saturated rings. The number of halogens is 1. The molecule has 2 aromatic rings. The number of hydrogen-bond donors (Lipinski definition) is 0. The normalized spacial score (nSPS) is 18.5. The number of anilines is 1. The molecule has 0 radical (unpaired) electrons. The van der Waals surface area contributed by atoms with Gasteiger partial charge < -0.3 is 4.90 Å². The predicted molar refractivity (Wildman–Crippen MR) is 86.9 cm³/mol. The van der Waals surface area contributed by atoms with E-state index in [0.717, 1.165) is 24.2 Å². The lowest BCUT2D eigenvalue weighted by molar-refractivity contribution is -0.121. The summed E-state index contributed by atoms with van der Waals surface area (Å²) < 4.78 is 1.78. The van der Waals surface area contributed by atoms with Gasteiger partial charge in [-0.3, -0.25) is 14.4 Å². The highest BCUT2D eigenvalue weighted by atomic mass is 35.5. The summed E-state index contributed by atoms with van der Waals surface area (Å²) in [5.41, 5.74) is 1.98.